The van der Waals surface area contributed by atoms with E-state index >= 15 is 0 Å². The lowest BCUT2D eigenvalue weighted by Crippen LogP contribution is -2.17. The van der Waals surface area contributed by atoms with Gasteiger partial charge in [-0.2, -0.15) is 0 Å². The van der Waals surface area contributed by atoms with E-state index in [4.69, 9.17) is 5.73 Å². The van der Waals surface area contributed by atoms with Crippen LogP contribution in [0.1, 0.15) is 48.4 Å². The molecule has 0 spiro atoms. The van der Waals surface area contributed by atoms with Gasteiger partial charge in [0.05, 0.1) is 0 Å². The van der Waals surface area contributed by atoms with Crippen molar-refractivity contribution < 1.29 is 1.43 Å². The first-order valence-electron chi connectivity index (χ1n) is 4.06. The molecule has 0 aromatic heterocycles. The summed E-state index contributed by atoms with van der Waals surface area (Å²) in [6.07, 6.45) is 3.51. The van der Waals surface area contributed by atoms with Gasteiger partial charge < -0.3 is 5.73 Å². The van der Waals surface area contributed by atoms with Crippen LogP contribution >= 0.6 is 0 Å². The van der Waals surface area contributed by atoms with Gasteiger partial charge >= 0.3 is 0 Å². The van der Waals surface area contributed by atoms with Crippen LogP contribution in [0.2, 0.25) is 0 Å². The van der Waals surface area contributed by atoms with E-state index in [0.717, 1.165) is 6.42 Å². The first-order chi connectivity index (χ1) is 4.31. The highest BCUT2D eigenvalue weighted by molar-refractivity contribution is 4.54. The van der Waals surface area contributed by atoms with Crippen molar-refractivity contribution in [2.75, 3.05) is 0 Å². The average molecular weight is 133 g/mol. The molecule has 1 atom stereocenters. The molecule has 9 heavy (non-hydrogen) atoms. The number of rotatable bonds is 3. The third-order valence-electron chi connectivity index (χ3n) is 1.18. The zero-order chi connectivity index (χ0) is 7.70. The molecule has 0 heterocycles. The van der Waals surface area contributed by atoms with Crippen molar-refractivity contribution in [1.82, 2.24) is 0 Å². The van der Waals surface area contributed by atoms with Crippen molar-refractivity contribution in [3.05, 3.63) is 0 Å². The molecule has 60 valence electrons. The summed E-state index contributed by atoms with van der Waals surface area (Å²) in [5, 5.41) is 0. The molecule has 0 saturated heterocycles. The van der Waals surface area contributed by atoms with Gasteiger partial charge in [-0.1, -0.05) is 34.1 Å². The first-order valence-corrected chi connectivity index (χ1v) is 4.06. The second-order valence-electron chi connectivity index (χ2n) is 1.96. The molecule has 0 aromatic rings. The summed E-state index contributed by atoms with van der Waals surface area (Å²) in [6, 6.07) is 0.449. The van der Waals surface area contributed by atoms with Gasteiger partial charge in [-0.3, -0.25) is 0 Å². The molecule has 0 aliphatic rings. The molecule has 0 rings (SSSR count). The molecule has 0 radical (unpaired) electrons. The molecule has 1 heteroatoms. The van der Waals surface area contributed by atoms with E-state index in [0.29, 0.717) is 6.04 Å². The molecule has 1 nitrogen and oxygen atoms in total. The summed E-state index contributed by atoms with van der Waals surface area (Å²) >= 11 is 0. The summed E-state index contributed by atoms with van der Waals surface area (Å²) in [6.45, 7) is 8.29. The minimum atomic E-state index is 0. The fourth-order valence-corrected chi connectivity index (χ4v) is 0.575. The summed E-state index contributed by atoms with van der Waals surface area (Å²) in [4.78, 5) is 0. The maximum Gasteiger partial charge on any atom is 0.00361 e. The standard InChI is InChI=1S/C6H15N.C2H6.H2/c1-3-5-6(7)4-2;1-2;/h6H,3-5,7H2,1-2H3;1-2H3;1H. The number of hydrogen-bond acceptors (Lipinski definition) is 1. The van der Waals surface area contributed by atoms with Crippen LogP contribution in [0.5, 0.6) is 0 Å². The van der Waals surface area contributed by atoms with Gasteiger partial charge in [-0.15, -0.1) is 0 Å². The predicted molar refractivity (Wildman–Crippen MR) is 46.6 cm³/mol. The average Bonchev–Trinajstić information content (AvgIpc) is 1.93. The zero-order valence-electron chi connectivity index (χ0n) is 7.28. The Balaban J connectivity index is -0.000000149. The van der Waals surface area contributed by atoms with Crippen molar-refractivity contribution in [1.29, 1.82) is 0 Å². The van der Waals surface area contributed by atoms with Gasteiger partial charge in [-0.25, -0.2) is 0 Å². The Bertz CT molecular complexity index is 40.2. The first kappa shape index (κ1) is 11.7. The van der Waals surface area contributed by atoms with Gasteiger partial charge in [-0.05, 0) is 12.8 Å². The number of nitrogens with two attached hydrogens (primary N) is 1. The largest absolute Gasteiger partial charge is 0.328 e. The smallest absolute Gasteiger partial charge is 0.00361 e. The quantitative estimate of drug-likeness (QED) is 0.629. The van der Waals surface area contributed by atoms with Gasteiger partial charge in [0.25, 0.3) is 0 Å². The highest BCUT2D eigenvalue weighted by Crippen LogP contribution is 1.95. The SMILES string of the molecule is CC.CCCC(N)CC.[HH]. The molecular weight excluding hydrogens is 110 g/mol. The summed E-state index contributed by atoms with van der Waals surface area (Å²) in [7, 11) is 0. The van der Waals surface area contributed by atoms with Crippen molar-refractivity contribution in [2.24, 2.45) is 5.73 Å². The van der Waals surface area contributed by atoms with E-state index in [2.05, 4.69) is 13.8 Å². The van der Waals surface area contributed by atoms with Crippen molar-refractivity contribution in [3.63, 3.8) is 0 Å². The molecule has 0 amide bonds. The molecule has 0 aliphatic heterocycles. The van der Waals surface area contributed by atoms with E-state index in [1.165, 1.54) is 12.8 Å². The molecule has 0 fully saturated rings. The Morgan fingerprint density at radius 2 is 1.78 bits per heavy atom. The van der Waals surface area contributed by atoms with Gasteiger partial charge in [0.2, 0.25) is 0 Å². The lowest BCUT2D eigenvalue weighted by molar-refractivity contribution is 0.587. The Labute approximate surface area is 61.1 Å². The molecule has 0 aromatic carbocycles. The maximum absolute atomic E-state index is 5.58. The topological polar surface area (TPSA) is 26.0 Å². The second kappa shape index (κ2) is 10.9. The highest BCUT2D eigenvalue weighted by atomic mass is 14.6. The third-order valence-corrected chi connectivity index (χ3v) is 1.18. The van der Waals surface area contributed by atoms with Crippen molar-refractivity contribution in [3.8, 4) is 0 Å². The van der Waals surface area contributed by atoms with Gasteiger partial charge in [0.1, 0.15) is 0 Å². The van der Waals surface area contributed by atoms with E-state index in [1.54, 1.807) is 0 Å². The molecule has 0 aliphatic carbocycles. The Morgan fingerprint density at radius 1 is 1.33 bits per heavy atom. The lowest BCUT2D eigenvalue weighted by atomic mass is 10.1. The summed E-state index contributed by atoms with van der Waals surface area (Å²) in [5.74, 6) is 0. The van der Waals surface area contributed by atoms with E-state index in [1.807, 2.05) is 13.8 Å². The van der Waals surface area contributed by atoms with E-state index in [-0.39, 0.29) is 1.43 Å². The molecular formula is C8H23N. The number of hydrogen-bond donors (Lipinski definition) is 1. The van der Waals surface area contributed by atoms with Crippen LogP contribution in [0.3, 0.4) is 0 Å². The van der Waals surface area contributed by atoms with Crippen LogP contribution in [0.4, 0.5) is 0 Å². The Morgan fingerprint density at radius 3 is 1.89 bits per heavy atom. The molecule has 0 saturated carbocycles. The molecule has 1 unspecified atom stereocenters. The maximum atomic E-state index is 5.58. The van der Waals surface area contributed by atoms with Gasteiger partial charge in [0.15, 0.2) is 0 Å². The highest BCUT2D eigenvalue weighted by Gasteiger charge is 1.92. The fraction of sp³-hybridized carbons (Fsp3) is 1.00. The van der Waals surface area contributed by atoms with Crippen LogP contribution in [-0.2, 0) is 0 Å². The molecule has 2 N–H and O–H groups in total. The Hall–Kier alpha value is -0.0400. The predicted octanol–water partition coefficient (Wildman–Crippen LogP) is 2.80. The second-order valence-corrected chi connectivity index (χ2v) is 1.96. The normalized spacial score (nSPS) is 11.7. The van der Waals surface area contributed by atoms with E-state index in [9.17, 15) is 0 Å². The minimum absolute atomic E-state index is 0. The monoisotopic (exact) mass is 133 g/mol. The summed E-state index contributed by atoms with van der Waals surface area (Å²) in [5.41, 5.74) is 5.58. The zero-order valence-corrected chi connectivity index (χ0v) is 7.28. The van der Waals surface area contributed by atoms with Crippen LogP contribution in [0.15, 0.2) is 0 Å². The van der Waals surface area contributed by atoms with Crippen LogP contribution in [0.25, 0.3) is 0 Å². The van der Waals surface area contributed by atoms with Crippen LogP contribution in [0, 0.1) is 0 Å². The van der Waals surface area contributed by atoms with Crippen LogP contribution < -0.4 is 5.73 Å². The minimum Gasteiger partial charge on any atom is -0.328 e. The van der Waals surface area contributed by atoms with E-state index < -0.39 is 0 Å². The Kier molecular flexibility index (Phi) is 14.1. The lowest BCUT2D eigenvalue weighted by Gasteiger charge is -2.03. The van der Waals surface area contributed by atoms with Crippen molar-refractivity contribution in [2.45, 2.75) is 53.0 Å². The summed E-state index contributed by atoms with van der Waals surface area (Å²) < 4.78 is 0. The van der Waals surface area contributed by atoms with Crippen molar-refractivity contribution >= 4 is 0 Å². The fourth-order valence-electron chi connectivity index (χ4n) is 0.575. The molecule has 0 bridgehead atoms. The van der Waals surface area contributed by atoms with Crippen LogP contribution in [-0.4, -0.2) is 6.04 Å². The van der Waals surface area contributed by atoms with Gasteiger partial charge in [0, 0.05) is 7.47 Å². The third kappa shape index (κ3) is 11.5.